The van der Waals surface area contributed by atoms with E-state index in [1.807, 2.05) is 24.3 Å². The summed E-state index contributed by atoms with van der Waals surface area (Å²) in [7, 11) is 0. The number of carboxylic acids is 2. The lowest BCUT2D eigenvalue weighted by atomic mass is 10.1. The number of hydrogen-bond donors (Lipinski definition) is 3. The van der Waals surface area contributed by atoms with Gasteiger partial charge in [-0.15, -0.1) is 0 Å². The molecule has 1 aliphatic rings. The molecule has 0 aliphatic heterocycles. The largest absolute Gasteiger partial charge is 0.488 e. The van der Waals surface area contributed by atoms with Crippen LogP contribution >= 0.6 is 0 Å². The molecule has 6 nitrogen and oxygen atoms in total. The van der Waals surface area contributed by atoms with Crippen molar-refractivity contribution in [2.24, 2.45) is 5.73 Å². The summed E-state index contributed by atoms with van der Waals surface area (Å²) in [6.07, 6.45) is -0.857. The summed E-state index contributed by atoms with van der Waals surface area (Å²) in [6.45, 7) is 0. The molecule has 0 aromatic heterocycles. The minimum atomic E-state index is -1.41. The van der Waals surface area contributed by atoms with Crippen LogP contribution in [0.2, 0.25) is 0 Å². The zero-order valence-corrected chi connectivity index (χ0v) is 12.8. The molecule has 124 valence electrons. The van der Waals surface area contributed by atoms with E-state index in [1.54, 1.807) is 6.07 Å². The van der Waals surface area contributed by atoms with Gasteiger partial charge in [-0.05, 0) is 40.8 Å². The van der Waals surface area contributed by atoms with Gasteiger partial charge in [-0.1, -0.05) is 30.3 Å². The summed E-state index contributed by atoms with van der Waals surface area (Å²) < 4.78 is 5.59. The van der Waals surface area contributed by atoms with Gasteiger partial charge in [0.25, 0.3) is 0 Å². The summed E-state index contributed by atoms with van der Waals surface area (Å²) in [5.41, 5.74) is 10.1. The van der Waals surface area contributed by atoms with Gasteiger partial charge in [0.1, 0.15) is 17.9 Å². The lowest BCUT2D eigenvalue weighted by Gasteiger charge is -2.21. The lowest BCUT2D eigenvalue weighted by molar-refractivity contribution is -0.143. The number of ether oxygens (including phenoxy) is 1. The number of nitrogens with two attached hydrogens (primary N) is 1. The molecular formula is C18H17NO5. The van der Waals surface area contributed by atoms with Crippen molar-refractivity contribution in [3.05, 3.63) is 53.6 Å². The highest BCUT2D eigenvalue weighted by Gasteiger charge is 2.29. The summed E-state index contributed by atoms with van der Waals surface area (Å²) in [6, 6.07) is 12.1. The standard InChI is InChI=1S/C18H17NO5/c19-17(18(22)23)15(9-16(20)21)24-12-5-6-14-11(8-12)7-10-3-1-2-4-13(10)14/h1-6,8,15,17H,7,9,19H2,(H,20,21)(H,22,23)/t15?,17-/m0/s1. The van der Waals surface area contributed by atoms with E-state index >= 15 is 0 Å². The van der Waals surface area contributed by atoms with Crippen LogP contribution in [-0.2, 0) is 16.0 Å². The van der Waals surface area contributed by atoms with Crippen molar-refractivity contribution in [1.29, 1.82) is 0 Å². The monoisotopic (exact) mass is 327 g/mol. The number of carboxylic acid groups (broad SMARTS) is 2. The zero-order chi connectivity index (χ0) is 17.3. The van der Waals surface area contributed by atoms with Crippen LogP contribution in [0.5, 0.6) is 5.75 Å². The van der Waals surface area contributed by atoms with Crippen molar-refractivity contribution in [2.45, 2.75) is 25.0 Å². The molecule has 6 heteroatoms. The van der Waals surface area contributed by atoms with Crippen LogP contribution in [-0.4, -0.2) is 34.3 Å². The Kier molecular flexibility index (Phi) is 4.22. The van der Waals surface area contributed by atoms with Crippen molar-refractivity contribution < 1.29 is 24.5 Å². The number of fused-ring (bicyclic) bond motifs is 3. The second-order valence-electron chi connectivity index (χ2n) is 5.77. The first-order valence-corrected chi connectivity index (χ1v) is 7.53. The number of hydrogen-bond acceptors (Lipinski definition) is 4. The Morgan fingerprint density at radius 3 is 2.50 bits per heavy atom. The van der Waals surface area contributed by atoms with E-state index in [0.29, 0.717) is 5.75 Å². The predicted molar refractivity (Wildman–Crippen MR) is 87.0 cm³/mol. The molecule has 2 aromatic carbocycles. The van der Waals surface area contributed by atoms with E-state index in [1.165, 1.54) is 11.1 Å². The summed E-state index contributed by atoms with van der Waals surface area (Å²) in [5, 5.41) is 18.0. The topological polar surface area (TPSA) is 110 Å². The molecule has 0 heterocycles. The minimum Gasteiger partial charge on any atom is -0.488 e. The first-order chi connectivity index (χ1) is 11.5. The maximum Gasteiger partial charge on any atom is 0.324 e. The zero-order valence-electron chi connectivity index (χ0n) is 12.8. The number of aliphatic carboxylic acids is 2. The molecule has 0 fully saturated rings. The molecule has 0 radical (unpaired) electrons. The highest BCUT2D eigenvalue weighted by atomic mass is 16.5. The van der Waals surface area contributed by atoms with Gasteiger partial charge in [0.2, 0.25) is 0 Å². The highest BCUT2D eigenvalue weighted by molar-refractivity contribution is 5.78. The van der Waals surface area contributed by atoms with Crippen LogP contribution in [0.3, 0.4) is 0 Å². The first kappa shape index (κ1) is 16.0. The molecule has 4 N–H and O–H groups in total. The Bertz CT molecular complexity index is 802. The van der Waals surface area contributed by atoms with Crippen LogP contribution in [0.25, 0.3) is 11.1 Å². The SMILES string of the molecule is N[C@H](C(=O)O)C(CC(=O)O)Oc1ccc2c(c1)Cc1ccccc1-2. The molecule has 0 bridgehead atoms. The van der Waals surface area contributed by atoms with Gasteiger partial charge in [0, 0.05) is 0 Å². The quantitative estimate of drug-likeness (QED) is 0.638. The van der Waals surface area contributed by atoms with Crippen molar-refractivity contribution in [1.82, 2.24) is 0 Å². The Labute approximate surface area is 138 Å². The van der Waals surface area contributed by atoms with Gasteiger partial charge in [0.15, 0.2) is 0 Å². The molecule has 0 saturated carbocycles. The van der Waals surface area contributed by atoms with Gasteiger partial charge >= 0.3 is 11.9 Å². The van der Waals surface area contributed by atoms with Crippen LogP contribution in [0, 0.1) is 0 Å². The summed E-state index contributed by atoms with van der Waals surface area (Å²) in [5.74, 6) is -2.04. The fourth-order valence-corrected chi connectivity index (χ4v) is 2.94. The van der Waals surface area contributed by atoms with Gasteiger partial charge < -0.3 is 20.7 Å². The summed E-state index contributed by atoms with van der Waals surface area (Å²) in [4.78, 5) is 22.0. The smallest absolute Gasteiger partial charge is 0.324 e. The highest BCUT2D eigenvalue weighted by Crippen LogP contribution is 2.38. The fraction of sp³-hybridized carbons (Fsp3) is 0.222. The molecule has 3 rings (SSSR count). The Morgan fingerprint density at radius 1 is 1.08 bits per heavy atom. The van der Waals surface area contributed by atoms with Crippen LogP contribution in [0.4, 0.5) is 0 Å². The van der Waals surface area contributed by atoms with Crippen LogP contribution in [0.15, 0.2) is 42.5 Å². The van der Waals surface area contributed by atoms with Gasteiger partial charge in [-0.2, -0.15) is 0 Å². The van der Waals surface area contributed by atoms with E-state index < -0.39 is 30.5 Å². The Morgan fingerprint density at radius 2 is 1.79 bits per heavy atom. The fourth-order valence-electron chi connectivity index (χ4n) is 2.94. The third kappa shape index (κ3) is 3.09. The van der Waals surface area contributed by atoms with Crippen molar-refractivity contribution in [3.8, 4) is 16.9 Å². The molecule has 0 spiro atoms. The molecule has 1 unspecified atom stereocenters. The van der Waals surface area contributed by atoms with E-state index in [4.69, 9.17) is 20.7 Å². The second kappa shape index (κ2) is 6.33. The molecular weight excluding hydrogens is 310 g/mol. The van der Waals surface area contributed by atoms with E-state index in [2.05, 4.69) is 12.1 Å². The molecule has 24 heavy (non-hydrogen) atoms. The maximum absolute atomic E-state index is 11.1. The Balaban J connectivity index is 1.84. The lowest BCUT2D eigenvalue weighted by Crippen LogP contribution is -2.46. The normalized spacial score (nSPS) is 14.4. The number of benzene rings is 2. The third-order valence-electron chi connectivity index (χ3n) is 4.11. The van der Waals surface area contributed by atoms with E-state index in [0.717, 1.165) is 17.5 Å². The van der Waals surface area contributed by atoms with Gasteiger partial charge in [0.05, 0.1) is 6.42 Å². The molecule has 1 aliphatic carbocycles. The van der Waals surface area contributed by atoms with E-state index in [-0.39, 0.29) is 0 Å². The average molecular weight is 327 g/mol. The molecule has 0 saturated heterocycles. The maximum atomic E-state index is 11.1. The van der Waals surface area contributed by atoms with Crippen LogP contribution in [0.1, 0.15) is 17.5 Å². The molecule has 2 atom stereocenters. The van der Waals surface area contributed by atoms with Crippen molar-refractivity contribution >= 4 is 11.9 Å². The number of rotatable bonds is 6. The number of carbonyl (C=O) groups is 2. The van der Waals surface area contributed by atoms with Gasteiger partial charge in [-0.3, -0.25) is 9.59 Å². The predicted octanol–water partition coefficient (Wildman–Crippen LogP) is 1.89. The first-order valence-electron chi connectivity index (χ1n) is 7.53. The van der Waals surface area contributed by atoms with Crippen molar-refractivity contribution in [3.63, 3.8) is 0 Å². The average Bonchev–Trinajstić information content (AvgIpc) is 2.90. The summed E-state index contributed by atoms with van der Waals surface area (Å²) >= 11 is 0. The Hall–Kier alpha value is -2.86. The van der Waals surface area contributed by atoms with Crippen molar-refractivity contribution in [2.75, 3.05) is 0 Å². The van der Waals surface area contributed by atoms with E-state index in [9.17, 15) is 9.59 Å². The molecule has 0 amide bonds. The second-order valence-corrected chi connectivity index (χ2v) is 5.77. The molecule has 2 aromatic rings. The minimum absolute atomic E-state index is 0.421. The van der Waals surface area contributed by atoms with Crippen LogP contribution < -0.4 is 10.5 Å². The van der Waals surface area contributed by atoms with Gasteiger partial charge in [-0.25, -0.2) is 0 Å². The third-order valence-corrected chi connectivity index (χ3v) is 4.11.